The highest BCUT2D eigenvalue weighted by atomic mass is 28.4. The Hall–Kier alpha value is -6.50. The molecule has 7 aromatic carbocycles. The summed E-state index contributed by atoms with van der Waals surface area (Å²) in [7, 11) is -2.88. The number of aromatic nitrogens is 2. The minimum absolute atomic E-state index is 0.0656. The minimum atomic E-state index is -2.88. The van der Waals surface area contributed by atoms with E-state index in [-0.39, 0.29) is 22.8 Å². The lowest BCUT2D eigenvalue weighted by atomic mass is 9.76. The van der Waals surface area contributed by atoms with Crippen LogP contribution in [0.3, 0.4) is 0 Å². The van der Waals surface area contributed by atoms with E-state index >= 15 is 0 Å². The zero-order valence-corrected chi connectivity index (χ0v) is 35.5. The van der Waals surface area contributed by atoms with Gasteiger partial charge in [0.2, 0.25) is 5.91 Å². The molecule has 9 rings (SSSR count). The van der Waals surface area contributed by atoms with Gasteiger partial charge in [0, 0.05) is 30.0 Å². The van der Waals surface area contributed by atoms with E-state index in [1.165, 1.54) is 10.4 Å². The molecule has 1 aromatic heterocycles. The Balaban J connectivity index is 1.06. The van der Waals surface area contributed by atoms with Crippen molar-refractivity contribution in [3.05, 3.63) is 230 Å². The van der Waals surface area contributed by atoms with Crippen LogP contribution < -0.4 is 19.7 Å². The molecule has 0 bridgehead atoms. The molecule has 1 amide bonds. The molecule has 2 unspecified atom stereocenters. The molecule has 1 radical (unpaired) electrons. The van der Waals surface area contributed by atoms with E-state index in [1.807, 2.05) is 35.5 Å². The van der Waals surface area contributed by atoms with Gasteiger partial charge in [0.25, 0.3) is 0 Å². The number of hydrogen-bond acceptors (Lipinski definition) is 3. The third-order valence-corrected chi connectivity index (χ3v) is 17.4. The van der Waals surface area contributed by atoms with Crippen LogP contribution in [0.25, 0.3) is 10.8 Å². The van der Waals surface area contributed by atoms with E-state index in [2.05, 4.69) is 202 Å². The Labute approximate surface area is 355 Å². The van der Waals surface area contributed by atoms with Crippen LogP contribution in [0.4, 0.5) is 5.69 Å². The fourth-order valence-electron chi connectivity index (χ4n) is 9.58. The van der Waals surface area contributed by atoms with E-state index in [4.69, 9.17) is 9.41 Å². The lowest BCUT2D eigenvalue weighted by molar-refractivity contribution is -0.120. The number of anilines is 1. The van der Waals surface area contributed by atoms with Gasteiger partial charge in [-0.1, -0.05) is 191 Å². The Morgan fingerprint density at radius 1 is 0.667 bits per heavy atom. The maximum atomic E-state index is 14.7. The molecule has 5 nitrogen and oxygen atoms in total. The standard InChI is InChI=1S/C54H50N3O2Si/c1-40(50-38-56(39-55-50)54(42-22-10-5-11-23-42,43-24-12-6-13-25-43)44-26-14-7-15-27-44)48-35-36-57(52(48)58)51-32-20-21-41-33-34-45(37-49(41)51)59-60(53(2,3)4,46-28-16-8-17-29-46)47-30-18-9-19-31-47/h5-34,37-40,48H,1,35-36H2,2-4H3. The predicted molar refractivity (Wildman–Crippen MR) is 248 cm³/mol. The van der Waals surface area contributed by atoms with Gasteiger partial charge in [-0.15, -0.1) is 0 Å². The quantitative estimate of drug-likeness (QED) is 0.0967. The fourth-order valence-corrected chi connectivity index (χ4v) is 14.0. The van der Waals surface area contributed by atoms with Crippen molar-refractivity contribution in [2.45, 2.75) is 43.7 Å². The summed E-state index contributed by atoms with van der Waals surface area (Å²) < 4.78 is 9.65. The lowest BCUT2D eigenvalue weighted by Gasteiger charge is -2.43. The SMILES string of the molecule is [CH2]C(c1cn(C(c2ccccc2)(c2ccccc2)c2ccccc2)cn1)C1CCN(c2cccc3ccc(O[Si](c4ccccc4)(c4ccccc4)C(C)(C)C)cc23)C1=O. The number of amides is 1. The van der Waals surface area contributed by atoms with Gasteiger partial charge < -0.3 is 13.9 Å². The zero-order chi connectivity index (χ0) is 41.3. The number of hydrogen-bond donors (Lipinski definition) is 0. The van der Waals surface area contributed by atoms with Crippen LogP contribution >= 0.6 is 0 Å². The van der Waals surface area contributed by atoms with E-state index in [9.17, 15) is 4.79 Å². The maximum Gasteiger partial charge on any atom is 0.319 e. The summed E-state index contributed by atoms with van der Waals surface area (Å²) in [5.74, 6) is 0.176. The van der Waals surface area contributed by atoms with Crippen molar-refractivity contribution in [1.29, 1.82) is 0 Å². The number of carbonyl (C=O) groups is 1. The van der Waals surface area contributed by atoms with Gasteiger partial charge in [-0.05, 0) is 69.0 Å². The van der Waals surface area contributed by atoms with Crippen LogP contribution in [0, 0.1) is 12.8 Å². The van der Waals surface area contributed by atoms with Crippen molar-refractivity contribution >= 4 is 41.1 Å². The van der Waals surface area contributed by atoms with Crippen molar-refractivity contribution in [1.82, 2.24) is 9.55 Å². The Kier molecular flexibility index (Phi) is 10.3. The zero-order valence-electron chi connectivity index (χ0n) is 34.5. The van der Waals surface area contributed by atoms with Gasteiger partial charge in [-0.25, -0.2) is 4.98 Å². The highest BCUT2D eigenvalue weighted by Crippen LogP contribution is 2.44. The molecule has 297 valence electrons. The van der Waals surface area contributed by atoms with Crippen LogP contribution in [0.5, 0.6) is 5.75 Å². The summed E-state index contributed by atoms with van der Waals surface area (Å²) in [4.78, 5) is 21.6. The highest BCUT2D eigenvalue weighted by molar-refractivity contribution is 7.00. The average molecular weight is 801 g/mol. The summed E-state index contributed by atoms with van der Waals surface area (Å²) in [5.41, 5.74) is 4.33. The van der Waals surface area contributed by atoms with Crippen molar-refractivity contribution in [2.75, 3.05) is 11.4 Å². The highest BCUT2D eigenvalue weighted by Gasteiger charge is 2.52. The molecule has 0 spiro atoms. The molecule has 60 heavy (non-hydrogen) atoms. The molecular formula is C54H50N3O2Si. The summed E-state index contributed by atoms with van der Waals surface area (Å²) in [6.07, 6.45) is 4.69. The maximum absolute atomic E-state index is 14.7. The Morgan fingerprint density at radius 2 is 1.18 bits per heavy atom. The molecule has 2 atom stereocenters. The van der Waals surface area contributed by atoms with E-state index < -0.39 is 13.9 Å². The van der Waals surface area contributed by atoms with Crippen molar-refractivity contribution < 1.29 is 9.22 Å². The average Bonchev–Trinajstić information content (AvgIpc) is 3.94. The van der Waals surface area contributed by atoms with Gasteiger partial charge in [0.1, 0.15) is 11.3 Å². The second-order valence-electron chi connectivity index (χ2n) is 16.9. The van der Waals surface area contributed by atoms with Gasteiger partial charge in [0.15, 0.2) is 0 Å². The predicted octanol–water partition coefficient (Wildman–Crippen LogP) is 10.8. The Morgan fingerprint density at radius 3 is 1.70 bits per heavy atom. The molecule has 0 N–H and O–H groups in total. The summed E-state index contributed by atoms with van der Waals surface area (Å²) in [5, 5.41) is 4.29. The Bertz CT molecular complexity index is 2580. The largest absolute Gasteiger partial charge is 0.534 e. The first-order valence-corrected chi connectivity index (χ1v) is 22.8. The van der Waals surface area contributed by atoms with E-state index in [1.54, 1.807) is 0 Å². The summed E-state index contributed by atoms with van der Waals surface area (Å²) in [6, 6.07) is 65.7. The molecular weight excluding hydrogens is 751 g/mol. The summed E-state index contributed by atoms with van der Waals surface area (Å²) in [6.45, 7) is 12.1. The van der Waals surface area contributed by atoms with Crippen LogP contribution in [-0.2, 0) is 10.3 Å². The van der Waals surface area contributed by atoms with Crippen LogP contribution in [-0.4, -0.2) is 30.3 Å². The van der Waals surface area contributed by atoms with E-state index in [0.29, 0.717) is 13.0 Å². The van der Waals surface area contributed by atoms with Crippen molar-refractivity contribution in [2.24, 2.45) is 5.92 Å². The number of nitrogens with zero attached hydrogens (tertiary/aromatic N) is 3. The normalized spacial score (nSPS) is 15.3. The van der Waals surface area contributed by atoms with Crippen molar-refractivity contribution in [3.8, 4) is 5.75 Å². The molecule has 2 heterocycles. The third kappa shape index (κ3) is 6.65. The first-order chi connectivity index (χ1) is 29.2. The topological polar surface area (TPSA) is 47.4 Å². The molecule has 1 fully saturated rings. The number of benzene rings is 7. The van der Waals surface area contributed by atoms with Crippen molar-refractivity contribution in [3.63, 3.8) is 0 Å². The molecule has 8 aromatic rings. The second kappa shape index (κ2) is 15.9. The first kappa shape index (κ1) is 39.0. The monoisotopic (exact) mass is 800 g/mol. The summed E-state index contributed by atoms with van der Waals surface area (Å²) >= 11 is 0. The number of carbonyl (C=O) groups excluding carboxylic acids is 1. The number of rotatable bonds is 11. The third-order valence-electron chi connectivity index (χ3n) is 12.5. The molecule has 1 aliphatic heterocycles. The van der Waals surface area contributed by atoms with Gasteiger partial charge in [-0.3, -0.25) is 4.79 Å². The fraction of sp³-hybridized carbons (Fsp3) is 0.167. The number of fused-ring (bicyclic) bond motifs is 1. The van der Waals surface area contributed by atoms with Crippen LogP contribution in [0.2, 0.25) is 5.04 Å². The van der Waals surface area contributed by atoms with E-state index in [0.717, 1.165) is 44.6 Å². The smallest absolute Gasteiger partial charge is 0.319 e. The van der Waals surface area contributed by atoms with Crippen LogP contribution in [0.1, 0.15) is 55.5 Å². The van der Waals surface area contributed by atoms with Gasteiger partial charge in [0.05, 0.1) is 17.7 Å². The van der Waals surface area contributed by atoms with Gasteiger partial charge >= 0.3 is 8.32 Å². The second-order valence-corrected chi connectivity index (χ2v) is 21.2. The first-order valence-electron chi connectivity index (χ1n) is 20.9. The minimum Gasteiger partial charge on any atom is -0.534 e. The van der Waals surface area contributed by atoms with Gasteiger partial charge in [-0.2, -0.15) is 0 Å². The molecule has 1 saturated heterocycles. The molecule has 6 heteroatoms. The molecule has 1 aliphatic rings. The molecule has 0 aliphatic carbocycles. The lowest BCUT2D eigenvalue weighted by Crippen LogP contribution is -2.68. The van der Waals surface area contributed by atoms with Crippen LogP contribution in [0.15, 0.2) is 201 Å². The molecule has 0 saturated carbocycles. The number of imidazole rings is 1.